The van der Waals surface area contributed by atoms with Crippen LogP contribution in [0.2, 0.25) is 0 Å². The Morgan fingerprint density at radius 1 is 1.22 bits per heavy atom. The number of amides is 1. The molecular weight excluding hydrogens is 364 g/mol. The number of rotatable bonds is 7. The second kappa shape index (κ2) is 8.71. The highest BCUT2D eigenvalue weighted by molar-refractivity contribution is 7.89. The molecule has 0 aliphatic heterocycles. The van der Waals surface area contributed by atoms with E-state index >= 15 is 0 Å². The van der Waals surface area contributed by atoms with Crippen LogP contribution in [-0.4, -0.2) is 27.0 Å². The topological polar surface area (TPSA) is 84.5 Å². The first kappa shape index (κ1) is 20.5. The zero-order valence-corrected chi connectivity index (χ0v) is 16.3. The highest BCUT2D eigenvalue weighted by Crippen LogP contribution is 2.23. The molecule has 0 saturated heterocycles. The number of anilines is 1. The second-order valence-electron chi connectivity index (χ2n) is 6.15. The summed E-state index contributed by atoms with van der Waals surface area (Å²) in [7, 11) is -3.77. The van der Waals surface area contributed by atoms with E-state index in [0.717, 1.165) is 5.56 Å². The van der Waals surface area contributed by atoms with Crippen LogP contribution in [0.15, 0.2) is 47.4 Å². The van der Waals surface area contributed by atoms with Crippen LogP contribution in [0.5, 0.6) is 5.75 Å². The molecule has 0 aromatic heterocycles. The number of carbonyl (C=O) groups excluding carboxylic acids is 1. The fraction of sp³-hybridized carbons (Fsp3) is 0.250. The van der Waals surface area contributed by atoms with Gasteiger partial charge in [0.2, 0.25) is 10.0 Å². The lowest BCUT2D eigenvalue weighted by atomic mass is 10.1. The molecule has 0 atom stereocenters. The summed E-state index contributed by atoms with van der Waals surface area (Å²) >= 11 is 0. The maximum atomic E-state index is 12.5. The molecule has 0 unspecified atom stereocenters. The summed E-state index contributed by atoms with van der Waals surface area (Å²) in [5.74, 6) is 2.51. The van der Waals surface area contributed by atoms with Crippen LogP contribution < -0.4 is 14.8 Å². The minimum atomic E-state index is -3.77. The number of benzene rings is 2. The second-order valence-corrected chi connectivity index (χ2v) is 7.92. The summed E-state index contributed by atoms with van der Waals surface area (Å²) in [5, 5.41) is 2.79. The molecule has 27 heavy (non-hydrogen) atoms. The lowest BCUT2D eigenvalue weighted by Crippen LogP contribution is -2.24. The van der Waals surface area contributed by atoms with Crippen LogP contribution >= 0.6 is 0 Å². The quantitative estimate of drug-likeness (QED) is 0.717. The fourth-order valence-corrected chi connectivity index (χ4v) is 3.32. The van der Waals surface area contributed by atoms with Crippen LogP contribution in [0.25, 0.3) is 0 Å². The summed E-state index contributed by atoms with van der Waals surface area (Å²) in [4.78, 5) is 12.5. The molecule has 2 aromatic carbocycles. The zero-order chi connectivity index (χ0) is 20.0. The Morgan fingerprint density at radius 2 is 1.96 bits per heavy atom. The van der Waals surface area contributed by atoms with Crippen molar-refractivity contribution in [3.63, 3.8) is 0 Å². The number of nitrogens with one attached hydrogen (secondary N) is 2. The molecule has 0 aliphatic carbocycles. The minimum Gasteiger partial charge on any atom is -0.491 e. The molecule has 0 spiro atoms. The van der Waals surface area contributed by atoms with Crippen LogP contribution in [0.3, 0.4) is 0 Å². The molecule has 0 fully saturated rings. The van der Waals surface area contributed by atoms with Gasteiger partial charge in [0, 0.05) is 11.3 Å². The number of hydrogen-bond donors (Lipinski definition) is 2. The monoisotopic (exact) mass is 386 g/mol. The maximum absolute atomic E-state index is 12.5. The maximum Gasteiger partial charge on any atom is 0.255 e. The van der Waals surface area contributed by atoms with E-state index in [1.54, 1.807) is 18.2 Å². The Hall–Kier alpha value is -2.82. The van der Waals surface area contributed by atoms with Crippen molar-refractivity contribution in [3.05, 3.63) is 53.6 Å². The molecular formula is C20H22N2O4S. The Kier molecular flexibility index (Phi) is 6.61. The Morgan fingerprint density at radius 3 is 2.59 bits per heavy atom. The van der Waals surface area contributed by atoms with Crippen molar-refractivity contribution >= 4 is 21.6 Å². The highest BCUT2D eigenvalue weighted by Gasteiger charge is 2.16. The average molecular weight is 386 g/mol. The molecule has 142 valence electrons. The lowest BCUT2D eigenvalue weighted by Gasteiger charge is -2.13. The molecule has 0 aliphatic rings. The van der Waals surface area contributed by atoms with Gasteiger partial charge in [-0.25, -0.2) is 8.42 Å². The SMILES string of the molecule is C#CCNS(=O)(=O)c1cccc(C(=O)Nc2ccc(OC(C)C)cc2C)c1. The van der Waals surface area contributed by atoms with Gasteiger partial charge in [-0.3, -0.25) is 4.79 Å². The van der Waals surface area contributed by atoms with Crippen LogP contribution in [0.1, 0.15) is 29.8 Å². The molecule has 1 amide bonds. The van der Waals surface area contributed by atoms with Gasteiger partial charge in [0.1, 0.15) is 5.75 Å². The fourth-order valence-electron chi connectivity index (χ4n) is 2.34. The van der Waals surface area contributed by atoms with Crippen molar-refractivity contribution in [2.24, 2.45) is 0 Å². The Balaban J connectivity index is 2.20. The van der Waals surface area contributed by atoms with E-state index in [4.69, 9.17) is 11.2 Å². The Labute approximate surface area is 160 Å². The van der Waals surface area contributed by atoms with Gasteiger partial charge in [0.25, 0.3) is 5.91 Å². The summed E-state index contributed by atoms with van der Waals surface area (Å²) < 4.78 is 32.2. The van der Waals surface area contributed by atoms with Gasteiger partial charge < -0.3 is 10.1 Å². The van der Waals surface area contributed by atoms with Crippen molar-refractivity contribution in [1.29, 1.82) is 0 Å². The van der Waals surface area contributed by atoms with E-state index < -0.39 is 15.9 Å². The largest absolute Gasteiger partial charge is 0.491 e. The lowest BCUT2D eigenvalue weighted by molar-refractivity contribution is 0.102. The van der Waals surface area contributed by atoms with Gasteiger partial charge in [-0.15, -0.1) is 6.42 Å². The number of carbonyl (C=O) groups is 1. The van der Waals surface area contributed by atoms with Crippen molar-refractivity contribution in [2.75, 3.05) is 11.9 Å². The van der Waals surface area contributed by atoms with Gasteiger partial charge in [-0.2, -0.15) is 4.72 Å². The first-order valence-electron chi connectivity index (χ1n) is 8.35. The molecule has 7 heteroatoms. The third-order valence-electron chi connectivity index (χ3n) is 3.59. The number of terminal acetylenes is 1. The van der Waals surface area contributed by atoms with Crippen molar-refractivity contribution < 1.29 is 17.9 Å². The predicted molar refractivity (Wildman–Crippen MR) is 105 cm³/mol. The number of sulfonamides is 1. The summed E-state index contributed by atoms with van der Waals surface area (Å²) in [6.07, 6.45) is 5.13. The Bertz CT molecular complexity index is 976. The van der Waals surface area contributed by atoms with Gasteiger partial charge in [0.15, 0.2) is 0 Å². The van der Waals surface area contributed by atoms with Gasteiger partial charge in [-0.05, 0) is 62.7 Å². The van der Waals surface area contributed by atoms with E-state index in [9.17, 15) is 13.2 Å². The van der Waals surface area contributed by atoms with Crippen LogP contribution in [-0.2, 0) is 10.0 Å². The molecule has 0 bridgehead atoms. The third kappa shape index (κ3) is 5.58. The predicted octanol–water partition coefficient (Wildman–Crippen LogP) is 2.95. The van der Waals surface area contributed by atoms with Gasteiger partial charge >= 0.3 is 0 Å². The summed E-state index contributed by atoms with van der Waals surface area (Å²) in [6, 6.07) is 11.1. The first-order valence-corrected chi connectivity index (χ1v) is 9.83. The average Bonchev–Trinajstić information content (AvgIpc) is 2.62. The van der Waals surface area contributed by atoms with E-state index in [-0.39, 0.29) is 23.1 Å². The van der Waals surface area contributed by atoms with Crippen molar-refractivity contribution in [1.82, 2.24) is 4.72 Å². The van der Waals surface area contributed by atoms with Gasteiger partial charge in [-0.1, -0.05) is 12.0 Å². The molecule has 2 aromatic rings. The molecule has 0 heterocycles. The van der Waals surface area contributed by atoms with Crippen LogP contribution in [0, 0.1) is 19.3 Å². The van der Waals surface area contributed by atoms with E-state index in [1.807, 2.05) is 26.8 Å². The first-order chi connectivity index (χ1) is 12.7. The number of aryl methyl sites for hydroxylation is 1. The normalized spacial score (nSPS) is 11.1. The summed E-state index contributed by atoms with van der Waals surface area (Å²) in [5.41, 5.74) is 1.68. The number of ether oxygens (including phenoxy) is 1. The third-order valence-corrected chi connectivity index (χ3v) is 4.99. The smallest absolute Gasteiger partial charge is 0.255 e. The zero-order valence-electron chi connectivity index (χ0n) is 15.4. The molecule has 0 radical (unpaired) electrons. The van der Waals surface area contributed by atoms with Gasteiger partial charge in [0.05, 0.1) is 17.5 Å². The van der Waals surface area contributed by atoms with Crippen molar-refractivity contribution in [3.8, 4) is 18.1 Å². The molecule has 2 N–H and O–H groups in total. The molecule has 6 nitrogen and oxygen atoms in total. The highest BCUT2D eigenvalue weighted by atomic mass is 32.2. The van der Waals surface area contributed by atoms with Crippen molar-refractivity contribution in [2.45, 2.75) is 31.8 Å². The van der Waals surface area contributed by atoms with E-state index in [1.165, 1.54) is 18.2 Å². The molecule has 0 saturated carbocycles. The number of hydrogen-bond acceptors (Lipinski definition) is 4. The summed E-state index contributed by atoms with van der Waals surface area (Å²) in [6.45, 7) is 5.60. The van der Waals surface area contributed by atoms with E-state index in [2.05, 4.69) is 16.0 Å². The molecule has 2 rings (SSSR count). The van der Waals surface area contributed by atoms with Crippen LogP contribution in [0.4, 0.5) is 5.69 Å². The minimum absolute atomic E-state index is 0.0252. The standard InChI is InChI=1S/C20H22N2O4S/c1-5-11-21-27(24,25)18-8-6-7-16(13-18)20(23)22-19-10-9-17(12-15(19)4)26-14(2)3/h1,6-10,12-14,21H,11H2,2-4H3,(H,22,23). The van der Waals surface area contributed by atoms with E-state index in [0.29, 0.717) is 11.4 Å².